The maximum Gasteiger partial charge on any atom is 0.168 e. The van der Waals surface area contributed by atoms with E-state index in [0.29, 0.717) is 24.1 Å². The van der Waals surface area contributed by atoms with E-state index in [-0.39, 0.29) is 17.0 Å². The second kappa shape index (κ2) is 4.82. The zero-order chi connectivity index (χ0) is 14.2. The number of carbonyl (C=O) groups is 1. The number of carbonyl (C=O) groups excluding carboxylic acids is 1. The molecule has 0 radical (unpaired) electrons. The van der Waals surface area contributed by atoms with E-state index < -0.39 is 0 Å². The summed E-state index contributed by atoms with van der Waals surface area (Å²) in [6, 6.07) is 9.57. The Hall–Kier alpha value is -2.03. The van der Waals surface area contributed by atoms with E-state index in [0.717, 1.165) is 18.5 Å². The molecule has 3 heteroatoms. The number of aliphatic hydroxyl groups is 1. The standard InChI is InChI=1S/C17H19NO2/c1-12(18-13-6-3-2-4-7-13)16-14(19)10-17(8-5-9-17)11-15(16)20/h2-4,6-7,18-19H,1,5,8-11H2. The number of Topliss-reactive ketones (excluding diaryl/α,β-unsaturated/α-hetero) is 1. The second-order valence-corrected chi connectivity index (χ2v) is 5.92. The van der Waals surface area contributed by atoms with Gasteiger partial charge in [-0.05, 0) is 30.4 Å². The Bertz CT molecular complexity index is 582. The quantitative estimate of drug-likeness (QED) is 0.873. The van der Waals surface area contributed by atoms with Gasteiger partial charge in [0.1, 0.15) is 5.76 Å². The van der Waals surface area contributed by atoms with Crippen LogP contribution in [0.15, 0.2) is 53.9 Å². The highest BCUT2D eigenvalue weighted by Crippen LogP contribution is 2.52. The minimum absolute atomic E-state index is 0.0156. The first kappa shape index (κ1) is 13.0. The lowest BCUT2D eigenvalue weighted by Gasteiger charge is -2.44. The number of benzene rings is 1. The number of rotatable bonds is 3. The second-order valence-electron chi connectivity index (χ2n) is 5.92. The number of hydrogen-bond donors (Lipinski definition) is 2. The maximum absolute atomic E-state index is 12.3. The minimum Gasteiger partial charge on any atom is -0.511 e. The Morgan fingerprint density at radius 2 is 1.90 bits per heavy atom. The molecule has 1 aromatic rings. The van der Waals surface area contributed by atoms with E-state index >= 15 is 0 Å². The lowest BCUT2D eigenvalue weighted by atomic mass is 9.60. The Balaban J connectivity index is 1.80. The number of para-hydroxylation sites is 1. The van der Waals surface area contributed by atoms with Gasteiger partial charge in [-0.3, -0.25) is 4.79 Å². The molecule has 3 nitrogen and oxygen atoms in total. The van der Waals surface area contributed by atoms with Gasteiger partial charge < -0.3 is 10.4 Å². The van der Waals surface area contributed by atoms with Crippen LogP contribution in [0, 0.1) is 5.41 Å². The van der Waals surface area contributed by atoms with Gasteiger partial charge in [0, 0.05) is 24.2 Å². The van der Waals surface area contributed by atoms with E-state index in [1.807, 2.05) is 30.3 Å². The number of anilines is 1. The fourth-order valence-electron chi connectivity index (χ4n) is 3.23. The summed E-state index contributed by atoms with van der Waals surface area (Å²) in [7, 11) is 0. The highest BCUT2D eigenvalue weighted by molar-refractivity contribution is 6.02. The molecule has 0 bridgehead atoms. The van der Waals surface area contributed by atoms with Gasteiger partial charge in [0.15, 0.2) is 5.78 Å². The molecule has 0 aromatic heterocycles. The molecule has 0 heterocycles. The maximum atomic E-state index is 12.3. The molecule has 1 spiro atoms. The molecule has 0 amide bonds. The summed E-state index contributed by atoms with van der Waals surface area (Å²) in [5.41, 5.74) is 1.78. The normalized spacial score (nSPS) is 20.7. The van der Waals surface area contributed by atoms with Crippen LogP contribution in [0.3, 0.4) is 0 Å². The molecule has 1 aromatic carbocycles. The highest BCUT2D eigenvalue weighted by Gasteiger charge is 2.44. The van der Waals surface area contributed by atoms with Crippen molar-refractivity contribution >= 4 is 11.5 Å². The van der Waals surface area contributed by atoms with E-state index in [1.54, 1.807) is 0 Å². The molecule has 2 aliphatic carbocycles. The van der Waals surface area contributed by atoms with Crippen LogP contribution in [0.25, 0.3) is 0 Å². The van der Waals surface area contributed by atoms with Crippen LogP contribution in [-0.4, -0.2) is 10.9 Å². The first-order chi connectivity index (χ1) is 9.60. The Labute approximate surface area is 119 Å². The first-order valence-electron chi connectivity index (χ1n) is 7.06. The summed E-state index contributed by atoms with van der Waals surface area (Å²) >= 11 is 0. The molecule has 1 fully saturated rings. The molecule has 1 saturated carbocycles. The molecule has 3 rings (SSSR count). The molecule has 0 unspecified atom stereocenters. The van der Waals surface area contributed by atoms with Gasteiger partial charge in [-0.2, -0.15) is 0 Å². The number of aliphatic hydroxyl groups excluding tert-OH is 1. The van der Waals surface area contributed by atoms with Gasteiger partial charge in [-0.25, -0.2) is 0 Å². The van der Waals surface area contributed by atoms with Crippen molar-refractivity contribution in [3.63, 3.8) is 0 Å². The Morgan fingerprint density at radius 1 is 1.20 bits per heavy atom. The minimum atomic E-state index is 0.0156. The van der Waals surface area contributed by atoms with E-state index in [1.165, 1.54) is 6.42 Å². The van der Waals surface area contributed by atoms with Gasteiger partial charge in [0.05, 0.1) is 5.57 Å². The smallest absolute Gasteiger partial charge is 0.168 e. The van der Waals surface area contributed by atoms with Crippen molar-refractivity contribution in [3.05, 3.63) is 53.9 Å². The molecule has 0 saturated heterocycles. The largest absolute Gasteiger partial charge is 0.511 e. The number of hydrogen-bond acceptors (Lipinski definition) is 3. The summed E-state index contributed by atoms with van der Waals surface area (Å²) < 4.78 is 0. The van der Waals surface area contributed by atoms with E-state index in [9.17, 15) is 9.90 Å². The van der Waals surface area contributed by atoms with Gasteiger partial charge >= 0.3 is 0 Å². The molecular formula is C17H19NO2. The number of ketones is 1. The van der Waals surface area contributed by atoms with Crippen molar-refractivity contribution in [3.8, 4) is 0 Å². The van der Waals surface area contributed by atoms with Crippen molar-refractivity contribution in [2.24, 2.45) is 5.41 Å². The van der Waals surface area contributed by atoms with Gasteiger partial charge in [0.2, 0.25) is 0 Å². The third-order valence-electron chi connectivity index (χ3n) is 4.43. The van der Waals surface area contributed by atoms with Crippen LogP contribution in [-0.2, 0) is 4.79 Å². The van der Waals surface area contributed by atoms with Gasteiger partial charge in [-0.1, -0.05) is 31.2 Å². The zero-order valence-corrected chi connectivity index (χ0v) is 11.5. The molecule has 0 aliphatic heterocycles. The fourth-order valence-corrected chi connectivity index (χ4v) is 3.23. The Morgan fingerprint density at radius 3 is 2.45 bits per heavy atom. The zero-order valence-electron chi connectivity index (χ0n) is 11.5. The van der Waals surface area contributed by atoms with Crippen LogP contribution < -0.4 is 5.32 Å². The number of nitrogens with one attached hydrogen (secondary N) is 1. The third kappa shape index (κ3) is 2.24. The molecule has 20 heavy (non-hydrogen) atoms. The predicted molar refractivity (Wildman–Crippen MR) is 79.4 cm³/mol. The lowest BCUT2D eigenvalue weighted by molar-refractivity contribution is -0.120. The summed E-state index contributed by atoms with van der Waals surface area (Å²) in [5, 5.41) is 13.3. The molecule has 2 N–H and O–H groups in total. The molecular weight excluding hydrogens is 250 g/mol. The SMILES string of the molecule is C=C(Nc1ccccc1)C1=C(O)CC2(CCC2)CC1=O. The average Bonchev–Trinajstić information content (AvgIpc) is 2.37. The van der Waals surface area contributed by atoms with Crippen molar-refractivity contribution in [2.75, 3.05) is 5.32 Å². The van der Waals surface area contributed by atoms with Gasteiger partial charge in [-0.15, -0.1) is 0 Å². The first-order valence-corrected chi connectivity index (χ1v) is 7.06. The van der Waals surface area contributed by atoms with Crippen molar-refractivity contribution < 1.29 is 9.90 Å². The predicted octanol–water partition coefficient (Wildman–Crippen LogP) is 3.96. The van der Waals surface area contributed by atoms with Crippen LogP contribution in [0.4, 0.5) is 5.69 Å². The summed E-state index contributed by atoms with van der Waals surface area (Å²) in [6.07, 6.45) is 4.42. The fraction of sp³-hybridized carbons (Fsp3) is 0.353. The van der Waals surface area contributed by atoms with Crippen LogP contribution in [0.2, 0.25) is 0 Å². The summed E-state index contributed by atoms with van der Waals surface area (Å²) in [5.74, 6) is 0.219. The Kier molecular flexibility index (Phi) is 3.13. The van der Waals surface area contributed by atoms with Crippen molar-refractivity contribution in [1.29, 1.82) is 0 Å². The lowest BCUT2D eigenvalue weighted by Crippen LogP contribution is -2.37. The van der Waals surface area contributed by atoms with E-state index in [2.05, 4.69) is 11.9 Å². The molecule has 0 atom stereocenters. The average molecular weight is 269 g/mol. The third-order valence-corrected chi connectivity index (χ3v) is 4.43. The topological polar surface area (TPSA) is 49.3 Å². The van der Waals surface area contributed by atoms with Crippen LogP contribution in [0.1, 0.15) is 32.1 Å². The molecule has 104 valence electrons. The van der Waals surface area contributed by atoms with Crippen molar-refractivity contribution in [1.82, 2.24) is 0 Å². The molecule has 2 aliphatic rings. The van der Waals surface area contributed by atoms with E-state index in [4.69, 9.17) is 0 Å². The highest BCUT2D eigenvalue weighted by atomic mass is 16.3. The van der Waals surface area contributed by atoms with Crippen molar-refractivity contribution in [2.45, 2.75) is 32.1 Å². The number of allylic oxidation sites excluding steroid dienone is 2. The van der Waals surface area contributed by atoms with Gasteiger partial charge in [0.25, 0.3) is 0 Å². The monoisotopic (exact) mass is 269 g/mol. The summed E-state index contributed by atoms with van der Waals surface area (Å²) in [6.45, 7) is 3.92. The summed E-state index contributed by atoms with van der Waals surface area (Å²) in [4.78, 5) is 12.3. The van der Waals surface area contributed by atoms with Crippen LogP contribution in [0.5, 0.6) is 0 Å². The van der Waals surface area contributed by atoms with Crippen LogP contribution >= 0.6 is 0 Å².